The van der Waals surface area contributed by atoms with Gasteiger partial charge in [-0.05, 0) is 24.5 Å². The van der Waals surface area contributed by atoms with Crippen molar-refractivity contribution >= 4 is 11.9 Å². The normalized spacial score (nSPS) is 11.9. The van der Waals surface area contributed by atoms with E-state index in [1.165, 1.54) is 18.1 Å². The SMILES string of the molecule is CC.CCOC(C)=O.N=C(N)N1CCc2ccccc2C1. The molecule has 2 rings (SSSR count). The summed E-state index contributed by atoms with van der Waals surface area (Å²) < 4.78 is 4.40. The fourth-order valence-corrected chi connectivity index (χ4v) is 1.90. The van der Waals surface area contributed by atoms with Crippen LogP contribution in [0.25, 0.3) is 0 Å². The van der Waals surface area contributed by atoms with Gasteiger partial charge in [0.2, 0.25) is 0 Å². The maximum atomic E-state index is 9.82. The quantitative estimate of drug-likeness (QED) is 0.474. The Hall–Kier alpha value is -2.04. The molecule has 0 radical (unpaired) electrons. The van der Waals surface area contributed by atoms with E-state index in [4.69, 9.17) is 11.1 Å². The Bertz CT molecular complexity index is 447. The minimum Gasteiger partial charge on any atom is -0.466 e. The number of rotatable bonds is 1. The molecule has 1 aromatic carbocycles. The maximum Gasteiger partial charge on any atom is 0.302 e. The summed E-state index contributed by atoms with van der Waals surface area (Å²) in [5, 5.41) is 7.33. The number of guanidine groups is 1. The lowest BCUT2D eigenvalue weighted by molar-refractivity contribution is -0.140. The van der Waals surface area contributed by atoms with E-state index in [0.717, 1.165) is 19.5 Å². The summed E-state index contributed by atoms with van der Waals surface area (Å²) >= 11 is 0. The van der Waals surface area contributed by atoms with Crippen LogP contribution in [0, 0.1) is 5.41 Å². The van der Waals surface area contributed by atoms with Crippen LogP contribution in [0.15, 0.2) is 24.3 Å². The van der Waals surface area contributed by atoms with Crippen LogP contribution in [-0.2, 0) is 22.5 Å². The van der Waals surface area contributed by atoms with Crippen molar-refractivity contribution in [1.29, 1.82) is 5.41 Å². The summed E-state index contributed by atoms with van der Waals surface area (Å²) in [6.45, 7) is 9.30. The number of carbonyl (C=O) groups is 1. The van der Waals surface area contributed by atoms with Crippen LogP contribution in [0.4, 0.5) is 0 Å². The summed E-state index contributed by atoms with van der Waals surface area (Å²) in [4.78, 5) is 11.7. The summed E-state index contributed by atoms with van der Waals surface area (Å²) in [6.07, 6.45) is 0.996. The second-order valence-corrected chi connectivity index (χ2v) is 4.25. The van der Waals surface area contributed by atoms with E-state index in [2.05, 4.69) is 22.9 Å². The van der Waals surface area contributed by atoms with Crippen molar-refractivity contribution in [2.24, 2.45) is 5.73 Å². The molecular weight excluding hydrogens is 266 g/mol. The summed E-state index contributed by atoms with van der Waals surface area (Å²) in [7, 11) is 0. The number of nitrogens with two attached hydrogens (primary N) is 1. The highest BCUT2D eigenvalue weighted by Gasteiger charge is 2.15. The largest absolute Gasteiger partial charge is 0.466 e. The zero-order valence-corrected chi connectivity index (χ0v) is 13.5. The minimum absolute atomic E-state index is 0.175. The van der Waals surface area contributed by atoms with Gasteiger partial charge in [0.15, 0.2) is 5.96 Å². The second kappa shape index (κ2) is 10.7. The number of carbonyl (C=O) groups excluding carboxylic acids is 1. The van der Waals surface area contributed by atoms with Crippen LogP contribution < -0.4 is 5.73 Å². The molecule has 0 aliphatic carbocycles. The minimum atomic E-state index is -0.211. The first kappa shape index (κ1) is 19.0. The van der Waals surface area contributed by atoms with E-state index in [1.807, 2.05) is 24.8 Å². The zero-order valence-electron chi connectivity index (χ0n) is 13.5. The molecule has 0 aromatic heterocycles. The third kappa shape index (κ3) is 7.34. The number of benzene rings is 1. The molecular formula is C16H27N3O2. The number of nitrogens with one attached hydrogen (secondary N) is 1. The highest BCUT2D eigenvalue weighted by atomic mass is 16.5. The molecule has 1 aliphatic rings. The Morgan fingerprint density at radius 3 is 2.33 bits per heavy atom. The smallest absolute Gasteiger partial charge is 0.302 e. The Morgan fingerprint density at radius 2 is 1.90 bits per heavy atom. The van der Waals surface area contributed by atoms with E-state index >= 15 is 0 Å². The van der Waals surface area contributed by atoms with Gasteiger partial charge < -0.3 is 15.4 Å². The van der Waals surface area contributed by atoms with Crippen molar-refractivity contribution in [1.82, 2.24) is 4.90 Å². The van der Waals surface area contributed by atoms with Gasteiger partial charge in [0.1, 0.15) is 0 Å². The van der Waals surface area contributed by atoms with Gasteiger partial charge in [0.25, 0.3) is 0 Å². The molecule has 0 fully saturated rings. The van der Waals surface area contributed by atoms with Gasteiger partial charge in [-0.1, -0.05) is 38.1 Å². The van der Waals surface area contributed by atoms with Gasteiger partial charge in [0.05, 0.1) is 6.61 Å². The first-order valence-electron chi connectivity index (χ1n) is 7.33. The van der Waals surface area contributed by atoms with Crippen LogP contribution in [0.5, 0.6) is 0 Å². The summed E-state index contributed by atoms with van der Waals surface area (Å²) in [5.74, 6) is -0.0352. The predicted molar refractivity (Wildman–Crippen MR) is 86.1 cm³/mol. The fourth-order valence-electron chi connectivity index (χ4n) is 1.90. The monoisotopic (exact) mass is 293 g/mol. The van der Waals surface area contributed by atoms with E-state index < -0.39 is 0 Å². The molecule has 0 bridgehead atoms. The molecule has 0 amide bonds. The molecule has 1 aromatic rings. The molecule has 0 saturated carbocycles. The molecule has 0 spiro atoms. The van der Waals surface area contributed by atoms with Gasteiger partial charge in [-0.15, -0.1) is 0 Å². The predicted octanol–water partition coefficient (Wildman–Crippen LogP) is 2.53. The number of hydrogen-bond donors (Lipinski definition) is 2. The standard InChI is InChI=1S/C10H13N3.C4H8O2.C2H6/c11-10(12)13-6-5-8-3-1-2-4-9(8)7-13;1-3-6-4(2)5;1-2/h1-4H,5-7H2,(H3,11,12);3H2,1-2H3;1-2H3. The van der Waals surface area contributed by atoms with Crippen molar-refractivity contribution in [3.8, 4) is 0 Å². The van der Waals surface area contributed by atoms with Crippen molar-refractivity contribution in [2.75, 3.05) is 13.2 Å². The van der Waals surface area contributed by atoms with Crippen LogP contribution in [0.1, 0.15) is 38.8 Å². The van der Waals surface area contributed by atoms with Gasteiger partial charge in [-0.3, -0.25) is 10.2 Å². The van der Waals surface area contributed by atoms with Crippen molar-refractivity contribution in [3.05, 3.63) is 35.4 Å². The van der Waals surface area contributed by atoms with Gasteiger partial charge in [-0.25, -0.2) is 0 Å². The summed E-state index contributed by atoms with van der Waals surface area (Å²) in [6, 6.07) is 8.34. The molecule has 0 unspecified atom stereocenters. The lowest BCUT2D eigenvalue weighted by atomic mass is 10.0. The molecule has 5 nitrogen and oxygen atoms in total. The third-order valence-corrected chi connectivity index (χ3v) is 2.82. The number of esters is 1. The van der Waals surface area contributed by atoms with E-state index in [9.17, 15) is 4.79 Å². The number of ether oxygens (including phenoxy) is 1. The van der Waals surface area contributed by atoms with Crippen molar-refractivity contribution in [2.45, 2.75) is 40.7 Å². The highest BCUT2D eigenvalue weighted by Crippen LogP contribution is 2.17. The Morgan fingerprint density at radius 1 is 1.33 bits per heavy atom. The Labute approximate surface area is 127 Å². The Kier molecular flexibility index (Phi) is 9.67. The number of fused-ring (bicyclic) bond motifs is 1. The topological polar surface area (TPSA) is 79.4 Å². The number of nitrogens with zero attached hydrogens (tertiary/aromatic N) is 1. The molecule has 1 aliphatic heterocycles. The van der Waals surface area contributed by atoms with Crippen molar-refractivity contribution < 1.29 is 9.53 Å². The average molecular weight is 293 g/mol. The van der Waals surface area contributed by atoms with E-state index in [-0.39, 0.29) is 11.9 Å². The molecule has 118 valence electrons. The average Bonchev–Trinajstić information content (AvgIpc) is 2.49. The van der Waals surface area contributed by atoms with Gasteiger partial charge in [0, 0.05) is 20.0 Å². The van der Waals surface area contributed by atoms with Crippen LogP contribution >= 0.6 is 0 Å². The van der Waals surface area contributed by atoms with E-state index in [1.54, 1.807) is 6.92 Å². The molecule has 1 heterocycles. The first-order valence-corrected chi connectivity index (χ1v) is 7.33. The fraction of sp³-hybridized carbons (Fsp3) is 0.500. The van der Waals surface area contributed by atoms with Gasteiger partial charge >= 0.3 is 5.97 Å². The Balaban J connectivity index is 0.000000427. The molecule has 0 atom stereocenters. The second-order valence-electron chi connectivity index (χ2n) is 4.25. The zero-order chi connectivity index (χ0) is 16.3. The lowest BCUT2D eigenvalue weighted by Crippen LogP contribution is -2.39. The molecule has 5 heteroatoms. The third-order valence-electron chi connectivity index (χ3n) is 2.82. The summed E-state index contributed by atoms with van der Waals surface area (Å²) in [5.41, 5.74) is 8.12. The number of hydrogen-bond acceptors (Lipinski definition) is 3. The van der Waals surface area contributed by atoms with Crippen LogP contribution in [-0.4, -0.2) is 30.0 Å². The molecule has 0 saturated heterocycles. The highest BCUT2D eigenvalue weighted by molar-refractivity contribution is 5.74. The maximum absolute atomic E-state index is 9.82. The van der Waals surface area contributed by atoms with E-state index in [0.29, 0.717) is 6.61 Å². The molecule has 3 N–H and O–H groups in total. The van der Waals surface area contributed by atoms with Crippen LogP contribution in [0.2, 0.25) is 0 Å². The van der Waals surface area contributed by atoms with Crippen LogP contribution in [0.3, 0.4) is 0 Å². The van der Waals surface area contributed by atoms with Gasteiger partial charge in [-0.2, -0.15) is 0 Å². The first-order chi connectivity index (χ1) is 10.0. The lowest BCUT2D eigenvalue weighted by Gasteiger charge is -2.28. The van der Waals surface area contributed by atoms with Crippen molar-refractivity contribution in [3.63, 3.8) is 0 Å². The molecule has 21 heavy (non-hydrogen) atoms.